The van der Waals surface area contributed by atoms with Crippen LogP contribution in [0.25, 0.3) is 11.3 Å². The van der Waals surface area contributed by atoms with Crippen molar-refractivity contribution in [2.75, 3.05) is 0 Å². The van der Waals surface area contributed by atoms with E-state index in [0.29, 0.717) is 11.9 Å². The first-order valence-electron chi connectivity index (χ1n) is 7.55. The largest absolute Gasteiger partial charge is 0.456 e. The van der Waals surface area contributed by atoms with Crippen LogP contribution in [0, 0.1) is 5.92 Å². The van der Waals surface area contributed by atoms with Gasteiger partial charge in [0.1, 0.15) is 11.1 Å². The van der Waals surface area contributed by atoms with Crippen LogP contribution in [0.3, 0.4) is 0 Å². The van der Waals surface area contributed by atoms with Gasteiger partial charge in [-0.05, 0) is 24.5 Å². The monoisotopic (exact) mass is 292 g/mol. The van der Waals surface area contributed by atoms with Gasteiger partial charge in [-0.15, -0.1) is 0 Å². The molecule has 2 heterocycles. The molecule has 1 aromatic carbocycles. The number of amidine groups is 1. The van der Waals surface area contributed by atoms with Crippen molar-refractivity contribution in [2.24, 2.45) is 16.6 Å². The zero-order chi connectivity index (χ0) is 14.9. The molecule has 1 spiro atoms. The number of nitrogens with zero attached hydrogens (tertiary/aromatic N) is 3. The molecule has 1 saturated carbocycles. The van der Waals surface area contributed by atoms with Gasteiger partial charge in [-0.25, -0.2) is 4.99 Å². The highest BCUT2D eigenvalue weighted by Gasteiger charge is 2.81. The van der Waals surface area contributed by atoms with E-state index in [9.17, 15) is 0 Å². The fraction of sp³-hybridized carbons (Fsp3) is 0.353. The summed E-state index contributed by atoms with van der Waals surface area (Å²) < 4.78 is 5.84. The van der Waals surface area contributed by atoms with E-state index in [1.807, 2.05) is 6.20 Å². The third kappa shape index (κ3) is 1.27. The van der Waals surface area contributed by atoms with Gasteiger partial charge < -0.3 is 10.5 Å². The van der Waals surface area contributed by atoms with Crippen LogP contribution in [-0.4, -0.2) is 27.1 Å². The van der Waals surface area contributed by atoms with E-state index < -0.39 is 0 Å². The average Bonchev–Trinajstić information content (AvgIpc) is 2.88. The molecule has 1 aromatic heterocycles. The predicted octanol–water partition coefficient (Wildman–Crippen LogP) is 1.71. The fourth-order valence-corrected chi connectivity index (χ4v) is 4.44. The SMILES string of the molecule is CC12OC(N)=N[C@@]13Cc1cccc(-c4cnccn4)c1CC23. The van der Waals surface area contributed by atoms with E-state index >= 15 is 0 Å². The third-order valence-corrected chi connectivity index (χ3v) is 5.62. The highest BCUT2D eigenvalue weighted by molar-refractivity contribution is 5.79. The lowest BCUT2D eigenvalue weighted by Crippen LogP contribution is -2.23. The van der Waals surface area contributed by atoms with Crippen molar-refractivity contribution in [3.05, 3.63) is 47.9 Å². The lowest BCUT2D eigenvalue weighted by atomic mass is 9.85. The number of nitrogens with two attached hydrogens (primary N) is 1. The van der Waals surface area contributed by atoms with Crippen LogP contribution >= 0.6 is 0 Å². The van der Waals surface area contributed by atoms with Gasteiger partial charge >= 0.3 is 0 Å². The molecule has 22 heavy (non-hydrogen) atoms. The molecule has 0 radical (unpaired) electrons. The summed E-state index contributed by atoms with van der Waals surface area (Å²) in [5.41, 5.74) is 10.2. The van der Waals surface area contributed by atoms with E-state index in [2.05, 4.69) is 40.1 Å². The van der Waals surface area contributed by atoms with Crippen molar-refractivity contribution >= 4 is 6.02 Å². The Bertz CT molecular complexity index is 819. The first kappa shape index (κ1) is 12.1. The Kier molecular flexibility index (Phi) is 2.02. The molecule has 0 bridgehead atoms. The Labute approximate surface area is 128 Å². The van der Waals surface area contributed by atoms with Crippen molar-refractivity contribution < 1.29 is 4.74 Å². The first-order chi connectivity index (χ1) is 10.6. The Morgan fingerprint density at radius 2 is 2.23 bits per heavy atom. The number of fused-ring (bicyclic) bond motifs is 2. The van der Waals surface area contributed by atoms with Crippen LogP contribution in [-0.2, 0) is 17.6 Å². The summed E-state index contributed by atoms with van der Waals surface area (Å²) in [6, 6.07) is 6.73. The molecule has 3 aliphatic rings. The van der Waals surface area contributed by atoms with Gasteiger partial charge in [0.15, 0.2) is 0 Å². The van der Waals surface area contributed by atoms with Crippen molar-refractivity contribution in [2.45, 2.75) is 30.9 Å². The molecule has 5 heteroatoms. The fourth-order valence-electron chi connectivity index (χ4n) is 4.44. The maximum absolute atomic E-state index is 5.84. The highest BCUT2D eigenvalue weighted by Crippen LogP contribution is 2.67. The zero-order valence-electron chi connectivity index (χ0n) is 12.3. The van der Waals surface area contributed by atoms with Crippen molar-refractivity contribution in [1.82, 2.24) is 9.97 Å². The second-order valence-electron chi connectivity index (χ2n) is 6.55. The summed E-state index contributed by atoms with van der Waals surface area (Å²) in [6.07, 6.45) is 7.10. The second-order valence-corrected chi connectivity index (χ2v) is 6.55. The molecule has 5 rings (SSSR count). The molecule has 2 aromatic rings. The molecule has 1 fully saturated rings. The van der Waals surface area contributed by atoms with Crippen LogP contribution in [0.2, 0.25) is 0 Å². The Morgan fingerprint density at radius 1 is 1.32 bits per heavy atom. The van der Waals surface area contributed by atoms with E-state index in [1.54, 1.807) is 12.4 Å². The number of aliphatic imine (C=N–C) groups is 1. The van der Waals surface area contributed by atoms with Gasteiger partial charge in [0.25, 0.3) is 6.02 Å². The van der Waals surface area contributed by atoms with Crippen molar-refractivity contribution in [3.8, 4) is 11.3 Å². The third-order valence-electron chi connectivity index (χ3n) is 5.62. The molecule has 0 amide bonds. The molecule has 110 valence electrons. The van der Waals surface area contributed by atoms with Gasteiger partial charge in [-0.1, -0.05) is 18.2 Å². The lowest BCUT2D eigenvalue weighted by molar-refractivity contribution is 0.166. The van der Waals surface area contributed by atoms with Crippen LogP contribution < -0.4 is 5.73 Å². The summed E-state index contributed by atoms with van der Waals surface area (Å²) in [6.45, 7) is 2.13. The maximum atomic E-state index is 5.84. The van der Waals surface area contributed by atoms with Gasteiger partial charge in [-0.3, -0.25) is 9.97 Å². The van der Waals surface area contributed by atoms with Crippen molar-refractivity contribution in [1.29, 1.82) is 0 Å². The number of hydrogen-bond acceptors (Lipinski definition) is 5. The quantitative estimate of drug-likeness (QED) is 0.868. The number of hydrogen-bond donors (Lipinski definition) is 1. The van der Waals surface area contributed by atoms with Crippen molar-refractivity contribution in [3.63, 3.8) is 0 Å². The second kappa shape index (κ2) is 3.66. The molecular formula is C17H16N4O. The molecule has 2 unspecified atom stereocenters. The number of rotatable bonds is 1. The van der Waals surface area contributed by atoms with E-state index in [0.717, 1.165) is 18.5 Å². The Balaban J connectivity index is 1.63. The molecule has 5 nitrogen and oxygen atoms in total. The van der Waals surface area contributed by atoms with Gasteiger partial charge in [0.05, 0.1) is 11.9 Å². The average molecular weight is 292 g/mol. The minimum atomic E-state index is -0.240. The van der Waals surface area contributed by atoms with Crippen LogP contribution in [0.15, 0.2) is 41.8 Å². The number of ether oxygens (including phenoxy) is 1. The smallest absolute Gasteiger partial charge is 0.283 e. The van der Waals surface area contributed by atoms with Gasteiger partial charge in [0.2, 0.25) is 0 Å². The topological polar surface area (TPSA) is 73.4 Å². The molecule has 2 aliphatic carbocycles. The van der Waals surface area contributed by atoms with E-state index in [4.69, 9.17) is 10.5 Å². The van der Waals surface area contributed by atoms with Gasteiger partial charge in [0, 0.05) is 30.3 Å². The zero-order valence-corrected chi connectivity index (χ0v) is 12.3. The number of benzene rings is 1. The molecular weight excluding hydrogens is 276 g/mol. The minimum absolute atomic E-state index is 0.148. The maximum Gasteiger partial charge on any atom is 0.283 e. The van der Waals surface area contributed by atoms with E-state index in [-0.39, 0.29) is 11.1 Å². The van der Waals surface area contributed by atoms with Gasteiger partial charge in [-0.2, -0.15) is 0 Å². The highest BCUT2D eigenvalue weighted by atomic mass is 16.5. The molecule has 3 atom stereocenters. The molecule has 1 aliphatic heterocycles. The van der Waals surface area contributed by atoms with Crippen LogP contribution in [0.4, 0.5) is 0 Å². The Hall–Kier alpha value is -2.43. The summed E-state index contributed by atoms with van der Waals surface area (Å²) in [7, 11) is 0. The molecule has 0 saturated heterocycles. The molecule has 2 N–H and O–H groups in total. The first-order valence-corrected chi connectivity index (χ1v) is 7.55. The number of aromatic nitrogens is 2. The summed E-state index contributed by atoms with van der Waals surface area (Å²) >= 11 is 0. The minimum Gasteiger partial charge on any atom is -0.456 e. The van der Waals surface area contributed by atoms with Crippen LogP contribution in [0.1, 0.15) is 18.1 Å². The normalized spacial score (nSPS) is 34.0. The summed E-state index contributed by atoms with van der Waals surface area (Å²) in [4.78, 5) is 13.3. The summed E-state index contributed by atoms with van der Waals surface area (Å²) in [5, 5.41) is 0. The lowest BCUT2D eigenvalue weighted by Gasteiger charge is -2.22. The van der Waals surface area contributed by atoms with Crippen LogP contribution in [0.5, 0.6) is 0 Å². The summed E-state index contributed by atoms with van der Waals surface area (Å²) in [5.74, 6) is 0.401. The predicted molar refractivity (Wildman–Crippen MR) is 82.2 cm³/mol. The van der Waals surface area contributed by atoms with E-state index in [1.165, 1.54) is 16.7 Å². The standard InChI is InChI=1S/C17H16N4O/c1-16-14-7-12-10(8-17(14,16)21-15(18)22-16)3-2-4-11(12)13-9-19-5-6-20-13/h2-6,9,14H,7-8H2,1H3,(H2,18,21)/t14?,16?,17-/m1/s1. The Morgan fingerprint density at radius 3 is 3.05 bits per heavy atom.